The molecule has 0 aliphatic heterocycles. The van der Waals surface area contributed by atoms with E-state index in [4.69, 9.17) is 0 Å². The van der Waals surface area contributed by atoms with Gasteiger partial charge in [0.05, 0.1) is 0 Å². The molecule has 0 aliphatic carbocycles. The van der Waals surface area contributed by atoms with Crippen LogP contribution in [0.5, 0.6) is 0 Å². The van der Waals surface area contributed by atoms with Crippen molar-refractivity contribution in [2.75, 3.05) is 0 Å². The molecule has 0 atom stereocenters. The molecule has 102 valence electrons. The summed E-state index contributed by atoms with van der Waals surface area (Å²) in [7, 11) is 0. The van der Waals surface area contributed by atoms with Crippen LogP contribution in [-0.4, -0.2) is 5.54 Å². The van der Waals surface area contributed by atoms with Crippen LogP contribution in [0.2, 0.25) is 0 Å². The van der Waals surface area contributed by atoms with Crippen molar-refractivity contribution < 1.29 is 8.78 Å². The van der Waals surface area contributed by atoms with Crippen LogP contribution < -0.4 is 5.32 Å². The molecule has 1 aromatic rings. The average Bonchev–Trinajstić information content (AvgIpc) is 2.12. The van der Waals surface area contributed by atoms with E-state index in [9.17, 15) is 8.78 Å². The van der Waals surface area contributed by atoms with Gasteiger partial charge in [0.15, 0.2) is 0 Å². The van der Waals surface area contributed by atoms with Crippen molar-refractivity contribution in [3.8, 4) is 0 Å². The Labute approximate surface area is 109 Å². The summed E-state index contributed by atoms with van der Waals surface area (Å²) in [6.45, 7) is 11.9. The van der Waals surface area contributed by atoms with E-state index in [0.717, 1.165) is 0 Å². The molecule has 0 aliphatic rings. The molecule has 0 bridgehead atoms. The molecule has 1 nitrogen and oxygen atoms in total. The summed E-state index contributed by atoms with van der Waals surface area (Å²) in [5.74, 6) is -0.951. The van der Waals surface area contributed by atoms with Gasteiger partial charge in [-0.15, -0.1) is 0 Å². The zero-order valence-electron chi connectivity index (χ0n) is 12.1. The van der Waals surface area contributed by atoms with Gasteiger partial charge in [0, 0.05) is 17.6 Å². The van der Waals surface area contributed by atoms with Gasteiger partial charge < -0.3 is 5.32 Å². The SMILES string of the molecule is CC(C)(C)NCc1c(F)cc(C(C)(C)C)cc1F. The summed E-state index contributed by atoms with van der Waals surface area (Å²) in [5.41, 5.74) is 0.370. The van der Waals surface area contributed by atoms with Crippen molar-refractivity contribution in [2.45, 2.75) is 59.0 Å². The maximum atomic E-state index is 13.9. The molecule has 3 heteroatoms. The van der Waals surface area contributed by atoms with Gasteiger partial charge in [0.1, 0.15) is 11.6 Å². The molecule has 0 aromatic heterocycles. The van der Waals surface area contributed by atoms with E-state index in [1.165, 1.54) is 12.1 Å². The molecule has 0 heterocycles. The van der Waals surface area contributed by atoms with Crippen LogP contribution in [-0.2, 0) is 12.0 Å². The Hall–Kier alpha value is -0.960. The smallest absolute Gasteiger partial charge is 0.130 e. The van der Waals surface area contributed by atoms with Gasteiger partial charge in [0.2, 0.25) is 0 Å². The van der Waals surface area contributed by atoms with E-state index in [0.29, 0.717) is 5.56 Å². The summed E-state index contributed by atoms with van der Waals surface area (Å²) < 4.78 is 27.9. The number of halogens is 2. The van der Waals surface area contributed by atoms with Gasteiger partial charge in [-0.2, -0.15) is 0 Å². The van der Waals surface area contributed by atoms with Crippen LogP contribution in [0.3, 0.4) is 0 Å². The summed E-state index contributed by atoms with van der Waals surface area (Å²) in [6, 6.07) is 2.87. The molecule has 0 fully saturated rings. The lowest BCUT2D eigenvalue weighted by Crippen LogP contribution is -2.35. The normalized spacial score (nSPS) is 12.9. The lowest BCUT2D eigenvalue weighted by molar-refractivity contribution is 0.409. The van der Waals surface area contributed by atoms with Crippen molar-refractivity contribution in [3.05, 3.63) is 34.9 Å². The Bertz CT molecular complexity index is 402. The van der Waals surface area contributed by atoms with E-state index < -0.39 is 11.6 Å². The number of benzene rings is 1. The summed E-state index contributed by atoms with van der Waals surface area (Å²) in [5, 5.41) is 3.10. The van der Waals surface area contributed by atoms with E-state index >= 15 is 0 Å². The van der Waals surface area contributed by atoms with Gasteiger partial charge in [0.25, 0.3) is 0 Å². The van der Waals surface area contributed by atoms with Gasteiger partial charge in [-0.1, -0.05) is 20.8 Å². The van der Waals surface area contributed by atoms with E-state index in [-0.39, 0.29) is 23.1 Å². The third-order valence-electron chi connectivity index (χ3n) is 2.80. The first-order chi connectivity index (χ1) is 8.00. The molecule has 0 saturated carbocycles. The second-order valence-electron chi connectivity index (χ2n) is 6.77. The first kappa shape index (κ1) is 15.1. The number of nitrogens with one attached hydrogen (secondary N) is 1. The van der Waals surface area contributed by atoms with E-state index in [1.54, 1.807) is 0 Å². The maximum Gasteiger partial charge on any atom is 0.130 e. The lowest BCUT2D eigenvalue weighted by Gasteiger charge is -2.23. The van der Waals surface area contributed by atoms with Crippen molar-refractivity contribution in [2.24, 2.45) is 0 Å². The monoisotopic (exact) mass is 255 g/mol. The van der Waals surface area contributed by atoms with Crippen LogP contribution in [0.4, 0.5) is 8.78 Å². The molecule has 0 unspecified atom stereocenters. The highest BCUT2D eigenvalue weighted by molar-refractivity contribution is 5.30. The molecule has 1 aromatic carbocycles. The number of hydrogen-bond donors (Lipinski definition) is 1. The third-order valence-corrected chi connectivity index (χ3v) is 2.80. The molecule has 18 heavy (non-hydrogen) atoms. The highest BCUT2D eigenvalue weighted by Crippen LogP contribution is 2.26. The summed E-state index contributed by atoms with van der Waals surface area (Å²) in [4.78, 5) is 0. The van der Waals surface area contributed by atoms with Crippen molar-refractivity contribution >= 4 is 0 Å². The predicted octanol–water partition coefficient (Wildman–Crippen LogP) is 4.15. The second kappa shape index (κ2) is 4.96. The fraction of sp³-hybridized carbons (Fsp3) is 0.600. The van der Waals surface area contributed by atoms with Gasteiger partial charge in [-0.25, -0.2) is 8.78 Å². The topological polar surface area (TPSA) is 12.0 Å². The average molecular weight is 255 g/mol. The Morgan fingerprint density at radius 2 is 1.39 bits per heavy atom. The third kappa shape index (κ3) is 4.05. The van der Waals surface area contributed by atoms with E-state index in [1.807, 2.05) is 41.5 Å². The predicted molar refractivity (Wildman–Crippen MR) is 71.7 cm³/mol. The standard InChI is InChI=1S/C15H23F2N/c1-14(2,3)10-7-12(16)11(13(17)8-10)9-18-15(4,5)6/h7-8,18H,9H2,1-6H3. The maximum absolute atomic E-state index is 13.9. The first-order valence-corrected chi connectivity index (χ1v) is 6.24. The number of hydrogen-bond acceptors (Lipinski definition) is 1. The van der Waals surface area contributed by atoms with E-state index in [2.05, 4.69) is 5.32 Å². The minimum absolute atomic E-state index is 0.109. The van der Waals surface area contributed by atoms with Crippen LogP contribution in [0.25, 0.3) is 0 Å². The molecule has 1 rings (SSSR count). The molecule has 0 saturated heterocycles. The fourth-order valence-electron chi connectivity index (χ4n) is 1.56. The van der Waals surface area contributed by atoms with Gasteiger partial charge in [-0.3, -0.25) is 0 Å². The van der Waals surface area contributed by atoms with Crippen molar-refractivity contribution in [1.29, 1.82) is 0 Å². The van der Waals surface area contributed by atoms with Crippen molar-refractivity contribution in [3.63, 3.8) is 0 Å². The molecule has 1 N–H and O–H groups in total. The Kier molecular flexibility index (Phi) is 4.16. The molecular weight excluding hydrogens is 232 g/mol. The van der Waals surface area contributed by atoms with Gasteiger partial charge >= 0.3 is 0 Å². The highest BCUT2D eigenvalue weighted by Gasteiger charge is 2.20. The Morgan fingerprint density at radius 3 is 1.72 bits per heavy atom. The molecule has 0 radical (unpaired) electrons. The summed E-state index contributed by atoms with van der Waals surface area (Å²) >= 11 is 0. The zero-order chi connectivity index (χ0) is 14.1. The highest BCUT2D eigenvalue weighted by atomic mass is 19.1. The Balaban J connectivity index is 3.02. The lowest BCUT2D eigenvalue weighted by atomic mass is 9.86. The van der Waals surface area contributed by atoms with Crippen LogP contribution in [0.15, 0.2) is 12.1 Å². The first-order valence-electron chi connectivity index (χ1n) is 6.24. The van der Waals surface area contributed by atoms with Crippen LogP contribution in [0.1, 0.15) is 52.7 Å². The number of rotatable bonds is 2. The van der Waals surface area contributed by atoms with Crippen LogP contribution >= 0.6 is 0 Å². The molecule has 0 amide bonds. The minimum Gasteiger partial charge on any atom is -0.308 e. The van der Waals surface area contributed by atoms with Gasteiger partial charge in [-0.05, 0) is 43.9 Å². The quantitative estimate of drug-likeness (QED) is 0.837. The largest absolute Gasteiger partial charge is 0.308 e. The minimum atomic E-state index is -0.475. The Morgan fingerprint density at radius 1 is 0.944 bits per heavy atom. The summed E-state index contributed by atoms with van der Waals surface area (Å²) in [6.07, 6.45) is 0. The molecule has 0 spiro atoms. The molecular formula is C15H23F2N. The van der Waals surface area contributed by atoms with Crippen LogP contribution in [0, 0.1) is 11.6 Å². The van der Waals surface area contributed by atoms with Crippen molar-refractivity contribution in [1.82, 2.24) is 5.32 Å². The zero-order valence-corrected chi connectivity index (χ0v) is 12.1. The second-order valence-corrected chi connectivity index (χ2v) is 6.77. The fourth-order valence-corrected chi connectivity index (χ4v) is 1.56.